The number of nitrogen functional groups attached to an aromatic ring is 1. The number of aryl methyl sites for hydroxylation is 1. The third-order valence-electron chi connectivity index (χ3n) is 2.50. The molecule has 1 rings (SSSR count). The first kappa shape index (κ1) is 16.8. The molecule has 0 unspecified atom stereocenters. The lowest BCUT2D eigenvalue weighted by Gasteiger charge is -2.19. The molecule has 0 aliphatic rings. The fourth-order valence-electron chi connectivity index (χ4n) is 1.49. The smallest absolute Gasteiger partial charge is 0.407 e. The summed E-state index contributed by atoms with van der Waals surface area (Å²) in [6.45, 7) is 7.51. The summed E-state index contributed by atoms with van der Waals surface area (Å²) < 4.78 is 18.7. The number of halogens is 1. The minimum absolute atomic E-state index is 0.305. The van der Waals surface area contributed by atoms with Crippen molar-refractivity contribution in [2.24, 2.45) is 0 Å². The summed E-state index contributed by atoms with van der Waals surface area (Å²) in [5.74, 6) is 5.10. The Balaban J connectivity index is 2.48. The molecule has 1 amide bonds. The van der Waals surface area contributed by atoms with E-state index in [2.05, 4.69) is 17.2 Å². The van der Waals surface area contributed by atoms with Crippen LogP contribution in [0, 0.1) is 24.6 Å². The van der Waals surface area contributed by atoms with Gasteiger partial charge in [0.2, 0.25) is 0 Å². The van der Waals surface area contributed by atoms with E-state index in [4.69, 9.17) is 10.5 Å². The van der Waals surface area contributed by atoms with Crippen molar-refractivity contribution in [3.8, 4) is 11.8 Å². The maximum atomic E-state index is 13.6. The van der Waals surface area contributed by atoms with Crippen LogP contribution in [0.25, 0.3) is 0 Å². The normalized spacial score (nSPS) is 10.5. The van der Waals surface area contributed by atoms with Crippen LogP contribution >= 0.6 is 0 Å². The molecule has 3 N–H and O–H groups in total. The molecule has 0 fully saturated rings. The molecule has 0 saturated carbocycles. The van der Waals surface area contributed by atoms with Crippen LogP contribution in [0.1, 0.15) is 38.3 Å². The highest BCUT2D eigenvalue weighted by Crippen LogP contribution is 2.16. The third kappa shape index (κ3) is 6.17. The van der Waals surface area contributed by atoms with Crippen molar-refractivity contribution >= 4 is 11.8 Å². The van der Waals surface area contributed by atoms with Crippen molar-refractivity contribution in [3.05, 3.63) is 29.1 Å². The molecule has 0 atom stereocenters. The predicted octanol–water partition coefficient (Wildman–Crippen LogP) is 2.98. The SMILES string of the molecule is Cc1cc(C#CCCNC(=O)OC(C)(C)C)c(F)cc1N. The number of anilines is 1. The van der Waals surface area contributed by atoms with Crippen molar-refractivity contribution in [2.45, 2.75) is 39.7 Å². The molecule has 4 nitrogen and oxygen atoms in total. The monoisotopic (exact) mass is 292 g/mol. The first-order valence-corrected chi connectivity index (χ1v) is 6.70. The number of amides is 1. The van der Waals surface area contributed by atoms with Gasteiger partial charge in [0.1, 0.15) is 11.4 Å². The lowest BCUT2D eigenvalue weighted by molar-refractivity contribution is 0.0529. The quantitative estimate of drug-likeness (QED) is 0.500. The summed E-state index contributed by atoms with van der Waals surface area (Å²) >= 11 is 0. The first-order chi connectivity index (χ1) is 9.69. The van der Waals surface area contributed by atoms with Crippen LogP contribution in [0.5, 0.6) is 0 Å². The van der Waals surface area contributed by atoms with Gasteiger partial charge in [-0.05, 0) is 45.4 Å². The van der Waals surface area contributed by atoms with Crippen LogP contribution in [-0.2, 0) is 4.74 Å². The Hall–Kier alpha value is -2.22. The number of carbonyl (C=O) groups is 1. The van der Waals surface area contributed by atoms with Gasteiger partial charge in [0, 0.05) is 18.7 Å². The number of alkyl carbamates (subject to hydrolysis) is 1. The largest absolute Gasteiger partial charge is 0.444 e. The standard InChI is InChI=1S/C16H21FN2O2/c1-11-9-12(13(17)10-14(11)18)7-5-6-8-19-15(20)21-16(2,3)4/h9-10H,6,8,18H2,1-4H3,(H,19,20). The Morgan fingerprint density at radius 3 is 2.71 bits per heavy atom. The fourth-order valence-corrected chi connectivity index (χ4v) is 1.49. The molecular formula is C16H21FN2O2. The van der Waals surface area contributed by atoms with Crippen LogP contribution in [0.15, 0.2) is 12.1 Å². The number of nitrogens with two attached hydrogens (primary N) is 1. The predicted molar refractivity (Wildman–Crippen MR) is 81.3 cm³/mol. The fraction of sp³-hybridized carbons (Fsp3) is 0.438. The van der Waals surface area contributed by atoms with E-state index >= 15 is 0 Å². The first-order valence-electron chi connectivity index (χ1n) is 6.70. The molecule has 0 aromatic heterocycles. The Morgan fingerprint density at radius 2 is 2.10 bits per heavy atom. The van der Waals surface area contributed by atoms with E-state index in [0.29, 0.717) is 24.2 Å². The highest BCUT2D eigenvalue weighted by Gasteiger charge is 2.15. The summed E-state index contributed by atoms with van der Waals surface area (Å²) in [5, 5.41) is 2.58. The lowest BCUT2D eigenvalue weighted by Crippen LogP contribution is -2.32. The second kappa shape index (κ2) is 6.98. The van der Waals surface area contributed by atoms with E-state index in [-0.39, 0.29) is 0 Å². The van der Waals surface area contributed by atoms with Crippen molar-refractivity contribution < 1.29 is 13.9 Å². The second-order valence-electron chi connectivity index (χ2n) is 5.67. The van der Waals surface area contributed by atoms with Crippen molar-refractivity contribution in [2.75, 3.05) is 12.3 Å². The number of rotatable bonds is 2. The van der Waals surface area contributed by atoms with Crippen molar-refractivity contribution in [3.63, 3.8) is 0 Å². The number of nitrogens with one attached hydrogen (secondary N) is 1. The van der Waals surface area contributed by atoms with Crippen LogP contribution in [0.2, 0.25) is 0 Å². The molecule has 0 spiro atoms. The van der Waals surface area contributed by atoms with Gasteiger partial charge in [0.05, 0.1) is 5.56 Å². The van der Waals surface area contributed by atoms with Gasteiger partial charge >= 0.3 is 6.09 Å². The molecule has 0 saturated heterocycles. The van der Waals surface area contributed by atoms with Crippen LogP contribution in [-0.4, -0.2) is 18.2 Å². The summed E-state index contributed by atoms with van der Waals surface area (Å²) in [5.41, 5.74) is 6.57. The van der Waals surface area contributed by atoms with E-state index in [1.165, 1.54) is 6.07 Å². The van der Waals surface area contributed by atoms with E-state index in [0.717, 1.165) is 5.56 Å². The molecule has 21 heavy (non-hydrogen) atoms. The molecule has 0 heterocycles. The molecule has 1 aromatic carbocycles. The Morgan fingerprint density at radius 1 is 1.43 bits per heavy atom. The average molecular weight is 292 g/mol. The minimum atomic E-state index is -0.527. The van der Waals surface area contributed by atoms with Gasteiger partial charge in [-0.2, -0.15) is 0 Å². The summed E-state index contributed by atoms with van der Waals surface area (Å²) in [6, 6.07) is 2.87. The summed E-state index contributed by atoms with van der Waals surface area (Å²) in [4.78, 5) is 11.4. The van der Waals surface area contributed by atoms with Crippen molar-refractivity contribution in [1.29, 1.82) is 0 Å². The van der Waals surface area contributed by atoms with Crippen LogP contribution in [0.3, 0.4) is 0 Å². The minimum Gasteiger partial charge on any atom is -0.444 e. The maximum absolute atomic E-state index is 13.6. The second-order valence-corrected chi connectivity index (χ2v) is 5.67. The highest BCUT2D eigenvalue weighted by molar-refractivity contribution is 5.67. The summed E-state index contributed by atoms with van der Waals surface area (Å²) in [6.07, 6.45) is -0.0823. The number of carbonyl (C=O) groups excluding carboxylic acids is 1. The molecule has 0 radical (unpaired) electrons. The Kier molecular flexibility index (Phi) is 5.60. The maximum Gasteiger partial charge on any atom is 0.407 e. The van der Waals surface area contributed by atoms with Gasteiger partial charge < -0.3 is 15.8 Å². The van der Waals surface area contributed by atoms with E-state index in [1.54, 1.807) is 33.8 Å². The zero-order valence-corrected chi connectivity index (χ0v) is 12.8. The molecule has 0 bridgehead atoms. The van der Waals surface area contributed by atoms with Gasteiger partial charge in [0.15, 0.2) is 0 Å². The molecule has 0 aliphatic heterocycles. The van der Waals surface area contributed by atoms with E-state index in [9.17, 15) is 9.18 Å². The third-order valence-corrected chi connectivity index (χ3v) is 2.50. The summed E-state index contributed by atoms with van der Waals surface area (Å²) in [7, 11) is 0. The topological polar surface area (TPSA) is 64.3 Å². The Labute approximate surface area is 124 Å². The van der Waals surface area contributed by atoms with E-state index < -0.39 is 17.5 Å². The zero-order valence-electron chi connectivity index (χ0n) is 12.8. The van der Waals surface area contributed by atoms with Gasteiger partial charge in [-0.3, -0.25) is 0 Å². The number of hydrogen-bond acceptors (Lipinski definition) is 3. The molecule has 0 aliphatic carbocycles. The zero-order chi connectivity index (χ0) is 16.0. The van der Waals surface area contributed by atoms with Crippen LogP contribution in [0.4, 0.5) is 14.9 Å². The van der Waals surface area contributed by atoms with Crippen molar-refractivity contribution in [1.82, 2.24) is 5.32 Å². The molecular weight excluding hydrogens is 271 g/mol. The van der Waals surface area contributed by atoms with E-state index in [1.807, 2.05) is 0 Å². The van der Waals surface area contributed by atoms with Gasteiger partial charge in [-0.1, -0.05) is 11.8 Å². The molecule has 5 heteroatoms. The molecule has 1 aromatic rings. The van der Waals surface area contributed by atoms with Gasteiger partial charge in [-0.25, -0.2) is 9.18 Å². The number of ether oxygens (including phenoxy) is 1. The van der Waals surface area contributed by atoms with Crippen LogP contribution < -0.4 is 11.1 Å². The molecule has 114 valence electrons. The van der Waals surface area contributed by atoms with Gasteiger partial charge in [-0.15, -0.1) is 0 Å². The number of benzene rings is 1. The van der Waals surface area contributed by atoms with Gasteiger partial charge in [0.25, 0.3) is 0 Å². The number of hydrogen-bond donors (Lipinski definition) is 2. The highest BCUT2D eigenvalue weighted by atomic mass is 19.1. The lowest BCUT2D eigenvalue weighted by atomic mass is 10.1. The Bertz CT molecular complexity index is 580. The average Bonchev–Trinajstić information content (AvgIpc) is 2.32.